The van der Waals surface area contributed by atoms with Crippen molar-refractivity contribution in [1.82, 2.24) is 10.3 Å². The minimum atomic E-state index is -4.95. The van der Waals surface area contributed by atoms with Crippen molar-refractivity contribution in [3.8, 4) is 17.2 Å². The molecule has 1 amide bonds. The average Bonchev–Trinajstić information content (AvgIpc) is 2.72. The van der Waals surface area contributed by atoms with Crippen molar-refractivity contribution in [2.75, 3.05) is 6.26 Å². The van der Waals surface area contributed by atoms with Crippen molar-refractivity contribution < 1.29 is 49.0 Å². The number of amides is 1. The monoisotopic (exact) mass is 535 g/mol. The Morgan fingerprint density at radius 1 is 1.08 bits per heavy atom. The van der Waals surface area contributed by atoms with Crippen LogP contribution in [0.4, 0.5) is 26.3 Å². The molecule has 1 N–H and O–H groups in total. The number of hydrogen-bond acceptors (Lipinski definition) is 6. The molecule has 0 saturated carbocycles. The second kappa shape index (κ2) is 10.0. The van der Waals surface area contributed by atoms with Gasteiger partial charge in [0.25, 0.3) is 5.91 Å². The molecule has 1 heterocycles. The molecule has 0 unspecified atom stereocenters. The van der Waals surface area contributed by atoms with E-state index >= 15 is 0 Å². The van der Waals surface area contributed by atoms with Crippen molar-refractivity contribution in [3.05, 3.63) is 71.7 Å². The van der Waals surface area contributed by atoms with Crippen LogP contribution in [0.15, 0.2) is 64.9 Å². The van der Waals surface area contributed by atoms with E-state index in [0.29, 0.717) is 12.3 Å². The van der Waals surface area contributed by atoms with Gasteiger partial charge in [-0.3, -0.25) is 9.78 Å². The zero-order valence-electron chi connectivity index (χ0n) is 18.0. The number of carbonyl (C=O) groups is 1. The smallest absolute Gasteiger partial charge is 0.456 e. The molecule has 1 aromatic carbocycles. The highest BCUT2D eigenvalue weighted by Gasteiger charge is 2.34. The summed E-state index contributed by atoms with van der Waals surface area (Å²) in [5, 5.41) is 2.42. The van der Waals surface area contributed by atoms with Crippen LogP contribution >= 0.6 is 0 Å². The lowest BCUT2D eigenvalue weighted by atomic mass is 10.1. The van der Waals surface area contributed by atoms with E-state index in [2.05, 4.69) is 19.4 Å². The molecule has 1 aromatic heterocycles. The molecule has 1 aliphatic carbocycles. The molecular weight excluding hydrogens is 520 g/mol. The molecule has 15 heteroatoms. The molecule has 3 rings (SSSR count). The van der Waals surface area contributed by atoms with E-state index in [-0.39, 0.29) is 23.6 Å². The molecule has 0 saturated heterocycles. The fourth-order valence-electron chi connectivity index (χ4n) is 2.85. The van der Waals surface area contributed by atoms with Crippen molar-refractivity contribution in [2.45, 2.75) is 19.0 Å². The van der Waals surface area contributed by atoms with Crippen molar-refractivity contribution in [2.24, 2.45) is 4.40 Å². The Labute approximate surface area is 200 Å². The Kier molecular flexibility index (Phi) is 7.43. The van der Waals surface area contributed by atoms with E-state index in [9.17, 15) is 39.6 Å². The van der Waals surface area contributed by atoms with Crippen molar-refractivity contribution in [1.29, 1.82) is 0 Å². The largest absolute Gasteiger partial charge is 0.573 e. The number of carbonyl (C=O) groups excluding carboxylic acids is 1. The first-order valence-corrected chi connectivity index (χ1v) is 11.5. The Morgan fingerprint density at radius 3 is 2.31 bits per heavy atom. The molecule has 0 atom stereocenters. The molecule has 0 bridgehead atoms. The Bertz CT molecular complexity index is 1350. The van der Waals surface area contributed by atoms with E-state index in [1.54, 1.807) is 0 Å². The number of sulfonamides is 1. The van der Waals surface area contributed by atoms with Crippen LogP contribution < -0.4 is 14.8 Å². The fourth-order valence-corrected chi connectivity index (χ4v) is 3.40. The molecule has 0 radical (unpaired) electrons. The highest BCUT2D eigenvalue weighted by Crippen LogP contribution is 2.34. The second-order valence-electron chi connectivity index (χ2n) is 7.18. The standard InChI is InChI=1S/C21H15F6N3O5S/c1-36(32,33)30-13-4-2-3-12(9-13)29-19(31)16-11-28-18(20(22,23)24)10-17(16)34-14-5-7-15(8-6-14)35-21(25,26)27/h2-8,10-11H,9H2,1H3,(H,29,31). The van der Waals surface area contributed by atoms with Crippen molar-refractivity contribution in [3.63, 3.8) is 0 Å². The fraction of sp³-hybridized carbons (Fsp3) is 0.190. The average molecular weight is 535 g/mol. The van der Waals surface area contributed by atoms with Gasteiger partial charge in [-0.15, -0.1) is 13.2 Å². The van der Waals surface area contributed by atoms with Gasteiger partial charge < -0.3 is 14.8 Å². The van der Waals surface area contributed by atoms with Gasteiger partial charge in [0, 0.05) is 24.4 Å². The van der Waals surface area contributed by atoms with E-state index in [0.717, 1.165) is 30.5 Å². The zero-order valence-corrected chi connectivity index (χ0v) is 18.8. The summed E-state index contributed by atoms with van der Waals surface area (Å²) in [6.07, 6.45) is -4.19. The van der Waals surface area contributed by atoms with Gasteiger partial charge in [-0.05, 0) is 36.4 Å². The van der Waals surface area contributed by atoms with Gasteiger partial charge in [0.2, 0.25) is 10.0 Å². The third-order valence-electron chi connectivity index (χ3n) is 4.20. The predicted octanol–water partition coefficient (Wildman–Crippen LogP) is 4.77. The van der Waals surface area contributed by atoms with Gasteiger partial charge in [0.05, 0.1) is 12.0 Å². The van der Waals surface area contributed by atoms with E-state index in [1.807, 2.05) is 0 Å². The number of ether oxygens (including phenoxy) is 2. The minimum Gasteiger partial charge on any atom is -0.456 e. The quantitative estimate of drug-likeness (QED) is 0.535. The van der Waals surface area contributed by atoms with Crippen LogP contribution in [0.3, 0.4) is 0 Å². The summed E-state index contributed by atoms with van der Waals surface area (Å²) in [4.78, 5) is 16.0. The molecular formula is C21H15F6N3O5S. The number of halogens is 6. The van der Waals surface area contributed by atoms with Crippen LogP contribution in [0, 0.1) is 0 Å². The van der Waals surface area contributed by atoms with Gasteiger partial charge in [-0.1, -0.05) is 6.08 Å². The molecule has 192 valence electrons. The first-order valence-electron chi connectivity index (χ1n) is 9.67. The molecule has 36 heavy (non-hydrogen) atoms. The van der Waals surface area contributed by atoms with Crippen LogP contribution in [-0.2, 0) is 16.2 Å². The molecule has 0 aliphatic heterocycles. The number of aromatic nitrogens is 1. The number of pyridine rings is 1. The Hall–Kier alpha value is -3.88. The number of nitrogens with one attached hydrogen (secondary N) is 1. The third kappa shape index (κ3) is 7.83. The molecule has 2 aromatic rings. The number of alkyl halides is 6. The van der Waals surface area contributed by atoms with Crippen molar-refractivity contribution >= 4 is 21.6 Å². The summed E-state index contributed by atoms with van der Waals surface area (Å²) in [5.74, 6) is -2.32. The third-order valence-corrected chi connectivity index (χ3v) is 4.77. The summed E-state index contributed by atoms with van der Waals surface area (Å²) >= 11 is 0. The van der Waals surface area contributed by atoms with E-state index in [1.165, 1.54) is 18.2 Å². The maximum Gasteiger partial charge on any atom is 0.573 e. The van der Waals surface area contributed by atoms with Gasteiger partial charge in [-0.2, -0.15) is 17.6 Å². The summed E-state index contributed by atoms with van der Waals surface area (Å²) in [6, 6.07) is 4.20. The first-order chi connectivity index (χ1) is 16.6. The Balaban J connectivity index is 1.87. The van der Waals surface area contributed by atoms with Gasteiger partial charge in [0.15, 0.2) is 0 Å². The number of rotatable bonds is 6. The van der Waals surface area contributed by atoms with Crippen LogP contribution in [0.5, 0.6) is 17.2 Å². The highest BCUT2D eigenvalue weighted by molar-refractivity contribution is 7.89. The van der Waals surface area contributed by atoms with Gasteiger partial charge in [-0.25, -0.2) is 8.42 Å². The molecule has 0 spiro atoms. The van der Waals surface area contributed by atoms with Crippen LogP contribution in [0.1, 0.15) is 22.5 Å². The van der Waals surface area contributed by atoms with Crippen LogP contribution in [-0.4, -0.2) is 37.6 Å². The zero-order chi connectivity index (χ0) is 26.7. The number of nitrogens with zero attached hydrogens (tertiary/aromatic N) is 2. The number of benzene rings is 1. The number of allylic oxidation sites excluding steroid dienone is 4. The normalized spacial score (nSPS) is 15.4. The topological polar surface area (TPSA) is 107 Å². The van der Waals surface area contributed by atoms with E-state index in [4.69, 9.17) is 4.74 Å². The second-order valence-corrected chi connectivity index (χ2v) is 8.83. The van der Waals surface area contributed by atoms with E-state index < -0.39 is 51.2 Å². The summed E-state index contributed by atoms with van der Waals surface area (Å²) in [6.45, 7) is 0. The van der Waals surface area contributed by atoms with Gasteiger partial charge in [0.1, 0.15) is 28.5 Å². The minimum absolute atomic E-state index is 0.0970. The summed E-state index contributed by atoms with van der Waals surface area (Å²) in [5.41, 5.74) is -1.52. The predicted molar refractivity (Wildman–Crippen MR) is 114 cm³/mol. The lowest BCUT2D eigenvalue weighted by Gasteiger charge is -2.16. The summed E-state index contributed by atoms with van der Waals surface area (Å²) in [7, 11) is -3.71. The molecule has 1 aliphatic rings. The lowest BCUT2D eigenvalue weighted by molar-refractivity contribution is -0.274. The maximum atomic E-state index is 13.2. The highest BCUT2D eigenvalue weighted by atomic mass is 32.2. The SMILES string of the molecule is CS(=O)(=O)N=C1C=CC=C(NC(=O)c2cnc(C(F)(F)F)cc2Oc2ccc(OC(F)(F)F)cc2)C1. The van der Waals surface area contributed by atoms with Crippen LogP contribution in [0.25, 0.3) is 0 Å². The molecule has 8 nitrogen and oxygen atoms in total. The number of hydrogen-bond donors (Lipinski definition) is 1. The van der Waals surface area contributed by atoms with Crippen LogP contribution in [0.2, 0.25) is 0 Å². The maximum absolute atomic E-state index is 13.2. The molecule has 0 fully saturated rings. The van der Waals surface area contributed by atoms with Gasteiger partial charge >= 0.3 is 12.5 Å². The summed E-state index contributed by atoms with van der Waals surface area (Å²) < 4.78 is 112. The Morgan fingerprint density at radius 2 is 1.72 bits per heavy atom. The first kappa shape index (κ1) is 26.7. The lowest BCUT2D eigenvalue weighted by Crippen LogP contribution is -2.26.